The highest BCUT2D eigenvalue weighted by molar-refractivity contribution is 5.75. The van der Waals surface area contributed by atoms with Gasteiger partial charge in [0.2, 0.25) is 0 Å². The Hall–Kier alpha value is -1.11. The number of hydrogen-bond donors (Lipinski definition) is 2. The van der Waals surface area contributed by atoms with Crippen LogP contribution in [-0.4, -0.2) is 29.2 Å². The fourth-order valence-electron chi connectivity index (χ4n) is 0.758. The Bertz CT molecular complexity index is 243. The minimum atomic E-state index is -0.218. The molecule has 0 fully saturated rings. The number of Topliss-reactive ketones (excluding diaryl/α,β-unsaturated/α-hetero) is 1. The van der Waals surface area contributed by atoms with Crippen molar-refractivity contribution in [1.82, 2.24) is 0 Å². The molecule has 13 heavy (non-hydrogen) atoms. The van der Waals surface area contributed by atoms with Gasteiger partial charge in [0.25, 0.3) is 0 Å². The number of hydrogen-bond acceptors (Lipinski definition) is 3. The fraction of sp³-hybridized carbons (Fsp3) is 0.500. The van der Waals surface area contributed by atoms with Crippen molar-refractivity contribution >= 4 is 5.78 Å². The molecule has 0 rings (SSSR count). The first-order valence-electron chi connectivity index (χ1n) is 4.09. The Morgan fingerprint density at radius 2 is 2.15 bits per heavy atom. The molecule has 0 atom stereocenters. The molecule has 2 N–H and O–H groups in total. The first-order valence-corrected chi connectivity index (χ1v) is 4.09. The number of aliphatic hydroxyl groups excluding tert-OH is 2. The highest BCUT2D eigenvalue weighted by Gasteiger charge is 1.92. The number of carbonyl (C=O) groups excluding carboxylic acids is 1. The van der Waals surface area contributed by atoms with Gasteiger partial charge in [-0.3, -0.25) is 0 Å². The van der Waals surface area contributed by atoms with Crippen LogP contribution in [0.4, 0.5) is 0 Å². The van der Waals surface area contributed by atoms with Gasteiger partial charge in [-0.1, -0.05) is 17.9 Å². The molecular formula is C10H14O3. The molecule has 0 aromatic carbocycles. The van der Waals surface area contributed by atoms with Crippen LogP contribution in [0.1, 0.15) is 19.8 Å². The van der Waals surface area contributed by atoms with E-state index in [9.17, 15) is 4.79 Å². The van der Waals surface area contributed by atoms with Gasteiger partial charge in [-0.2, -0.15) is 0 Å². The topological polar surface area (TPSA) is 57.5 Å². The van der Waals surface area contributed by atoms with Crippen LogP contribution in [0.3, 0.4) is 0 Å². The van der Waals surface area contributed by atoms with Crippen molar-refractivity contribution in [3.8, 4) is 11.8 Å². The highest BCUT2D eigenvalue weighted by Crippen LogP contribution is 1.98. The van der Waals surface area contributed by atoms with Crippen LogP contribution in [0.5, 0.6) is 0 Å². The van der Waals surface area contributed by atoms with Crippen LogP contribution >= 0.6 is 0 Å². The van der Waals surface area contributed by atoms with Crippen molar-refractivity contribution in [1.29, 1.82) is 0 Å². The summed E-state index contributed by atoms with van der Waals surface area (Å²) in [6, 6.07) is 0. The van der Waals surface area contributed by atoms with Crippen molar-refractivity contribution in [3.05, 3.63) is 11.6 Å². The van der Waals surface area contributed by atoms with Gasteiger partial charge in [0, 0.05) is 12.0 Å². The normalized spacial score (nSPS) is 10.5. The summed E-state index contributed by atoms with van der Waals surface area (Å²) in [7, 11) is 0. The second-order valence-electron chi connectivity index (χ2n) is 2.59. The molecule has 0 spiro atoms. The van der Waals surface area contributed by atoms with Crippen molar-refractivity contribution < 1.29 is 15.0 Å². The van der Waals surface area contributed by atoms with Crippen molar-refractivity contribution in [2.75, 3.05) is 13.2 Å². The standard InChI is InChI=1S/C10H14O3/c1-9(13)4-2-5-10(8-12)6-3-7-11/h5,11-12H,2,4,7-8H2,1H3/b10-5+. The summed E-state index contributed by atoms with van der Waals surface area (Å²) < 4.78 is 0. The summed E-state index contributed by atoms with van der Waals surface area (Å²) in [4.78, 5) is 10.6. The maximum absolute atomic E-state index is 10.6. The molecule has 0 aliphatic heterocycles. The largest absolute Gasteiger partial charge is 0.391 e. The van der Waals surface area contributed by atoms with E-state index in [1.54, 1.807) is 6.08 Å². The predicted octanol–water partition coefficient (Wildman–Crippen LogP) is 0.270. The molecule has 0 aliphatic rings. The van der Waals surface area contributed by atoms with Gasteiger partial charge in [0.1, 0.15) is 12.4 Å². The first-order chi connectivity index (χ1) is 6.20. The van der Waals surface area contributed by atoms with Gasteiger partial charge in [-0.25, -0.2) is 0 Å². The van der Waals surface area contributed by atoms with E-state index in [1.807, 2.05) is 0 Å². The Morgan fingerprint density at radius 3 is 2.62 bits per heavy atom. The number of allylic oxidation sites excluding steroid dienone is 1. The van der Waals surface area contributed by atoms with E-state index in [1.165, 1.54) is 6.92 Å². The molecule has 0 saturated heterocycles. The van der Waals surface area contributed by atoms with Gasteiger partial charge in [0.15, 0.2) is 0 Å². The third-order valence-corrected chi connectivity index (χ3v) is 1.39. The molecule has 3 heteroatoms. The molecule has 72 valence electrons. The first kappa shape index (κ1) is 11.9. The highest BCUT2D eigenvalue weighted by atomic mass is 16.3. The summed E-state index contributed by atoms with van der Waals surface area (Å²) in [6.45, 7) is 1.15. The zero-order valence-corrected chi connectivity index (χ0v) is 7.71. The molecular weight excluding hydrogens is 168 g/mol. The lowest BCUT2D eigenvalue weighted by Gasteiger charge is -1.93. The summed E-state index contributed by atoms with van der Waals surface area (Å²) in [5, 5.41) is 17.2. The zero-order chi connectivity index (χ0) is 10.1. The Balaban J connectivity index is 3.99. The molecule has 0 aromatic heterocycles. The van der Waals surface area contributed by atoms with Crippen LogP contribution in [-0.2, 0) is 4.79 Å². The zero-order valence-electron chi connectivity index (χ0n) is 7.71. The van der Waals surface area contributed by atoms with Crippen molar-refractivity contribution in [2.24, 2.45) is 0 Å². The maximum atomic E-state index is 10.6. The second-order valence-corrected chi connectivity index (χ2v) is 2.59. The van der Waals surface area contributed by atoms with Crippen LogP contribution in [0.15, 0.2) is 11.6 Å². The van der Waals surface area contributed by atoms with Crippen molar-refractivity contribution in [3.63, 3.8) is 0 Å². The lowest BCUT2D eigenvalue weighted by Crippen LogP contribution is -1.91. The summed E-state index contributed by atoms with van der Waals surface area (Å²) >= 11 is 0. The summed E-state index contributed by atoms with van der Waals surface area (Å²) in [5.74, 6) is 5.14. The van der Waals surface area contributed by atoms with E-state index < -0.39 is 0 Å². The molecule has 0 unspecified atom stereocenters. The van der Waals surface area contributed by atoms with E-state index in [0.717, 1.165) is 0 Å². The van der Waals surface area contributed by atoms with E-state index >= 15 is 0 Å². The second kappa shape index (κ2) is 7.53. The number of ketones is 1. The number of rotatable bonds is 4. The molecule has 0 aliphatic carbocycles. The van der Waals surface area contributed by atoms with Gasteiger partial charge in [-0.05, 0) is 13.3 Å². The van der Waals surface area contributed by atoms with Crippen molar-refractivity contribution in [2.45, 2.75) is 19.8 Å². The Labute approximate surface area is 78.1 Å². The van der Waals surface area contributed by atoms with E-state index in [-0.39, 0.29) is 19.0 Å². The molecule has 0 bridgehead atoms. The van der Waals surface area contributed by atoms with E-state index in [4.69, 9.17) is 10.2 Å². The van der Waals surface area contributed by atoms with Gasteiger partial charge < -0.3 is 15.0 Å². The molecule has 0 aromatic rings. The lowest BCUT2D eigenvalue weighted by molar-refractivity contribution is -0.116. The molecule has 0 saturated carbocycles. The van der Waals surface area contributed by atoms with Crippen LogP contribution in [0.25, 0.3) is 0 Å². The van der Waals surface area contributed by atoms with Crippen LogP contribution < -0.4 is 0 Å². The van der Waals surface area contributed by atoms with Crippen LogP contribution in [0, 0.1) is 11.8 Å². The minimum absolute atomic E-state index is 0.114. The van der Waals surface area contributed by atoms with Crippen LogP contribution in [0.2, 0.25) is 0 Å². The summed E-state index contributed by atoms with van der Waals surface area (Å²) in [6.07, 6.45) is 2.76. The minimum Gasteiger partial charge on any atom is -0.391 e. The third-order valence-electron chi connectivity index (χ3n) is 1.39. The fourth-order valence-corrected chi connectivity index (χ4v) is 0.758. The average Bonchev–Trinajstić information content (AvgIpc) is 2.10. The van der Waals surface area contributed by atoms with Gasteiger partial charge in [-0.15, -0.1) is 0 Å². The van der Waals surface area contributed by atoms with Gasteiger partial charge in [0.05, 0.1) is 6.61 Å². The van der Waals surface area contributed by atoms with E-state index in [2.05, 4.69) is 11.8 Å². The molecule has 0 amide bonds. The quantitative estimate of drug-likeness (QED) is 0.613. The summed E-state index contributed by atoms with van der Waals surface area (Å²) in [5.41, 5.74) is 0.551. The third kappa shape index (κ3) is 7.26. The van der Waals surface area contributed by atoms with Gasteiger partial charge >= 0.3 is 0 Å². The average molecular weight is 182 g/mol. The Kier molecular flexibility index (Phi) is 6.89. The number of carbonyl (C=O) groups is 1. The maximum Gasteiger partial charge on any atom is 0.130 e. The smallest absolute Gasteiger partial charge is 0.130 e. The predicted molar refractivity (Wildman–Crippen MR) is 49.9 cm³/mol. The molecule has 0 heterocycles. The van der Waals surface area contributed by atoms with E-state index in [0.29, 0.717) is 18.4 Å². The Morgan fingerprint density at radius 1 is 1.46 bits per heavy atom. The molecule has 0 radical (unpaired) electrons. The molecule has 3 nitrogen and oxygen atoms in total. The number of aliphatic hydroxyl groups is 2. The monoisotopic (exact) mass is 182 g/mol. The SMILES string of the molecule is CC(=O)CC/C=C(\C#CCO)CO. The lowest BCUT2D eigenvalue weighted by atomic mass is 10.1.